The molecule has 0 spiro atoms. The van der Waals surface area contributed by atoms with Crippen molar-refractivity contribution in [2.45, 2.75) is 25.4 Å². The first-order chi connectivity index (χ1) is 14.7. The minimum Gasteiger partial charge on any atom is -0.345 e. The summed E-state index contributed by atoms with van der Waals surface area (Å²) in [4.78, 5) is 7.28. The summed E-state index contributed by atoms with van der Waals surface area (Å²) in [6, 6.07) is 18.8. The fourth-order valence-electron chi connectivity index (χ4n) is 4.16. The molecule has 5 heteroatoms. The molecule has 0 fully saturated rings. The summed E-state index contributed by atoms with van der Waals surface area (Å²) in [7, 11) is 0. The number of H-pyrrole nitrogens is 1. The van der Waals surface area contributed by atoms with Crippen LogP contribution in [-0.4, -0.2) is 16.0 Å². The Hall–Kier alpha value is -3.31. The van der Waals surface area contributed by atoms with Crippen molar-refractivity contribution in [1.29, 1.82) is 0 Å². The van der Waals surface area contributed by atoms with Gasteiger partial charge in [-0.1, -0.05) is 42.5 Å². The Morgan fingerprint density at radius 3 is 2.23 bits per heavy atom. The number of fused-ring (bicyclic) bond motifs is 1. The lowest BCUT2D eigenvalue weighted by Gasteiger charge is -2.14. The van der Waals surface area contributed by atoms with Crippen molar-refractivity contribution >= 4 is 0 Å². The van der Waals surface area contributed by atoms with E-state index in [4.69, 9.17) is 0 Å². The van der Waals surface area contributed by atoms with Gasteiger partial charge in [0, 0.05) is 36.1 Å². The molecular formula is C25H21F2N3. The van der Waals surface area contributed by atoms with Crippen molar-refractivity contribution < 1.29 is 8.78 Å². The van der Waals surface area contributed by atoms with Gasteiger partial charge in [0.1, 0.15) is 17.5 Å². The fourth-order valence-corrected chi connectivity index (χ4v) is 4.16. The minimum absolute atomic E-state index is 0.0805. The predicted octanol–water partition coefficient (Wildman–Crippen LogP) is 5.28. The Bertz CT molecular complexity index is 1140. The van der Waals surface area contributed by atoms with Crippen LogP contribution in [0.4, 0.5) is 8.78 Å². The zero-order chi connectivity index (χ0) is 20.5. The number of nitrogens with zero attached hydrogens (tertiary/aromatic N) is 1. The van der Waals surface area contributed by atoms with Crippen LogP contribution in [0.15, 0.2) is 73.1 Å². The highest BCUT2D eigenvalue weighted by Crippen LogP contribution is 2.28. The topological polar surface area (TPSA) is 40.7 Å². The summed E-state index contributed by atoms with van der Waals surface area (Å²) >= 11 is 0. The molecule has 3 aromatic carbocycles. The van der Waals surface area contributed by atoms with Crippen LogP contribution < -0.4 is 5.32 Å². The molecule has 2 N–H and O–H groups in total. The lowest BCUT2D eigenvalue weighted by Crippen LogP contribution is -2.29. The molecule has 4 aromatic rings. The summed E-state index contributed by atoms with van der Waals surface area (Å²) in [6.07, 6.45) is 5.19. The normalized spacial score (nSPS) is 13.5. The number of halogens is 2. The van der Waals surface area contributed by atoms with Crippen molar-refractivity contribution in [1.82, 2.24) is 15.3 Å². The molecule has 1 aliphatic carbocycles. The molecule has 0 unspecified atom stereocenters. The molecule has 3 nitrogen and oxygen atoms in total. The van der Waals surface area contributed by atoms with Crippen LogP contribution in [0, 0.1) is 11.6 Å². The summed E-state index contributed by atoms with van der Waals surface area (Å²) in [5.74, 6) is -0.344. The van der Waals surface area contributed by atoms with Gasteiger partial charge < -0.3 is 10.3 Å². The summed E-state index contributed by atoms with van der Waals surface area (Å²) in [5.41, 5.74) is 4.81. The standard InChI is InChI=1S/C25H21F2N3/c26-23-13-20(16-6-3-7-19(10-16)25-28-8-9-29-25)14-24(27)22(23)15-30-21-11-17-4-1-2-5-18(17)12-21/h1-10,13-14,21,30H,11-12,15H2,(H,28,29). The second kappa shape index (κ2) is 7.84. The number of nitrogens with one attached hydrogen (secondary N) is 2. The van der Waals surface area contributed by atoms with E-state index in [0.717, 1.165) is 29.8 Å². The molecule has 0 radical (unpaired) electrons. The van der Waals surface area contributed by atoms with E-state index in [1.54, 1.807) is 12.4 Å². The number of benzene rings is 3. The van der Waals surface area contributed by atoms with E-state index in [1.807, 2.05) is 36.4 Å². The third-order valence-electron chi connectivity index (χ3n) is 5.73. The van der Waals surface area contributed by atoms with Gasteiger partial charge in [0.15, 0.2) is 0 Å². The number of imidazole rings is 1. The van der Waals surface area contributed by atoms with Crippen LogP contribution in [0.3, 0.4) is 0 Å². The molecule has 0 bridgehead atoms. The first kappa shape index (κ1) is 18.7. The van der Waals surface area contributed by atoms with E-state index in [-0.39, 0.29) is 18.2 Å². The second-order valence-corrected chi connectivity index (χ2v) is 7.69. The maximum Gasteiger partial charge on any atom is 0.137 e. The SMILES string of the molecule is Fc1cc(-c2cccc(-c3ncc[nH]3)c2)cc(F)c1CNC1Cc2ccccc2C1. The molecule has 30 heavy (non-hydrogen) atoms. The van der Waals surface area contributed by atoms with Gasteiger partial charge in [-0.15, -0.1) is 0 Å². The van der Waals surface area contributed by atoms with E-state index >= 15 is 0 Å². The molecule has 0 amide bonds. The molecular weight excluding hydrogens is 380 g/mol. The Balaban J connectivity index is 1.34. The quantitative estimate of drug-likeness (QED) is 0.478. The van der Waals surface area contributed by atoms with Gasteiger partial charge >= 0.3 is 0 Å². The first-order valence-electron chi connectivity index (χ1n) is 10.1. The van der Waals surface area contributed by atoms with Crippen LogP contribution in [0.5, 0.6) is 0 Å². The molecule has 150 valence electrons. The zero-order valence-corrected chi connectivity index (χ0v) is 16.3. The summed E-state index contributed by atoms with van der Waals surface area (Å²) < 4.78 is 29.6. The lowest BCUT2D eigenvalue weighted by molar-refractivity contribution is 0.492. The highest BCUT2D eigenvalue weighted by atomic mass is 19.1. The Kier molecular flexibility index (Phi) is 4.89. The molecule has 0 saturated carbocycles. The van der Waals surface area contributed by atoms with E-state index in [9.17, 15) is 8.78 Å². The average molecular weight is 401 g/mol. The predicted molar refractivity (Wildman–Crippen MR) is 114 cm³/mol. The number of hydrogen-bond donors (Lipinski definition) is 2. The van der Waals surface area contributed by atoms with Gasteiger partial charge in [-0.3, -0.25) is 0 Å². The molecule has 1 aliphatic rings. The van der Waals surface area contributed by atoms with E-state index in [1.165, 1.54) is 23.3 Å². The largest absolute Gasteiger partial charge is 0.345 e. The minimum atomic E-state index is -0.531. The Morgan fingerprint density at radius 2 is 1.57 bits per heavy atom. The van der Waals surface area contributed by atoms with Crippen LogP contribution in [0.2, 0.25) is 0 Å². The average Bonchev–Trinajstić information content (AvgIpc) is 3.43. The third-order valence-corrected chi connectivity index (χ3v) is 5.73. The van der Waals surface area contributed by atoms with Gasteiger partial charge in [0.05, 0.1) is 0 Å². The van der Waals surface area contributed by atoms with Gasteiger partial charge in [-0.2, -0.15) is 0 Å². The number of hydrogen-bond acceptors (Lipinski definition) is 2. The third kappa shape index (κ3) is 3.64. The van der Waals surface area contributed by atoms with E-state index < -0.39 is 11.6 Å². The van der Waals surface area contributed by atoms with Crippen LogP contribution in [0.1, 0.15) is 16.7 Å². The first-order valence-corrected chi connectivity index (χ1v) is 10.1. The van der Waals surface area contributed by atoms with Gasteiger partial charge in [-0.05, 0) is 53.3 Å². The van der Waals surface area contributed by atoms with Crippen molar-refractivity contribution in [3.63, 3.8) is 0 Å². The number of aromatic nitrogens is 2. The molecule has 0 aliphatic heterocycles. The summed E-state index contributed by atoms with van der Waals surface area (Å²) in [5, 5.41) is 3.32. The number of rotatable bonds is 5. The maximum atomic E-state index is 14.8. The lowest BCUT2D eigenvalue weighted by atomic mass is 10.0. The monoisotopic (exact) mass is 401 g/mol. The van der Waals surface area contributed by atoms with E-state index in [0.29, 0.717) is 5.56 Å². The van der Waals surface area contributed by atoms with Crippen molar-refractivity contribution in [3.05, 3.63) is 101 Å². The number of aromatic amines is 1. The van der Waals surface area contributed by atoms with Crippen molar-refractivity contribution in [2.24, 2.45) is 0 Å². The molecule has 0 atom stereocenters. The highest BCUT2D eigenvalue weighted by molar-refractivity contribution is 5.70. The second-order valence-electron chi connectivity index (χ2n) is 7.69. The Labute approximate surface area is 173 Å². The van der Waals surface area contributed by atoms with Gasteiger partial charge in [-0.25, -0.2) is 13.8 Å². The fraction of sp³-hybridized carbons (Fsp3) is 0.160. The van der Waals surface area contributed by atoms with Crippen LogP contribution in [-0.2, 0) is 19.4 Å². The zero-order valence-electron chi connectivity index (χ0n) is 16.3. The smallest absolute Gasteiger partial charge is 0.137 e. The maximum absolute atomic E-state index is 14.8. The van der Waals surface area contributed by atoms with Crippen molar-refractivity contribution in [3.8, 4) is 22.5 Å². The van der Waals surface area contributed by atoms with Gasteiger partial charge in [0.25, 0.3) is 0 Å². The van der Waals surface area contributed by atoms with Crippen LogP contribution in [0.25, 0.3) is 22.5 Å². The van der Waals surface area contributed by atoms with E-state index in [2.05, 4.69) is 27.4 Å². The van der Waals surface area contributed by atoms with Crippen molar-refractivity contribution in [2.75, 3.05) is 0 Å². The van der Waals surface area contributed by atoms with Crippen LogP contribution >= 0.6 is 0 Å². The molecule has 1 aromatic heterocycles. The Morgan fingerprint density at radius 1 is 0.867 bits per heavy atom. The van der Waals surface area contributed by atoms with Gasteiger partial charge in [0.2, 0.25) is 0 Å². The molecule has 5 rings (SSSR count). The molecule has 0 saturated heterocycles. The molecule has 1 heterocycles. The highest BCUT2D eigenvalue weighted by Gasteiger charge is 2.21. The summed E-state index contributed by atoms with van der Waals surface area (Å²) in [6.45, 7) is 0.170.